The van der Waals surface area contributed by atoms with Crippen LogP contribution in [0.25, 0.3) is 6.08 Å². The summed E-state index contributed by atoms with van der Waals surface area (Å²) in [6, 6.07) is 21.1. The van der Waals surface area contributed by atoms with Crippen molar-refractivity contribution >= 4 is 46.6 Å². The van der Waals surface area contributed by atoms with Crippen molar-refractivity contribution in [3.8, 4) is 5.75 Å². The summed E-state index contributed by atoms with van der Waals surface area (Å²) in [5.41, 5.74) is 3.87. The Labute approximate surface area is 185 Å². The van der Waals surface area contributed by atoms with Gasteiger partial charge in [0, 0.05) is 0 Å². The predicted molar refractivity (Wildman–Crippen MR) is 126 cm³/mol. The Kier molecular flexibility index (Phi) is 5.40. The number of amides is 2. The summed E-state index contributed by atoms with van der Waals surface area (Å²) in [5, 5.41) is 9.64. The highest BCUT2D eigenvalue weighted by Gasteiger charge is 2.41. The second-order valence-corrected chi connectivity index (χ2v) is 7.75. The maximum Gasteiger partial charge on any atom is 0.270 e. The van der Waals surface area contributed by atoms with Crippen LogP contribution in [-0.2, 0) is 9.59 Å². The molecule has 4 rings (SSSR count). The van der Waals surface area contributed by atoms with Crippen LogP contribution in [0.2, 0.25) is 0 Å². The highest BCUT2D eigenvalue weighted by molar-refractivity contribution is 7.81. The van der Waals surface area contributed by atoms with E-state index < -0.39 is 11.8 Å². The summed E-state index contributed by atoms with van der Waals surface area (Å²) in [6.07, 6.45) is 1.52. The van der Waals surface area contributed by atoms with Gasteiger partial charge in [-0.25, -0.2) is 0 Å². The van der Waals surface area contributed by atoms with Gasteiger partial charge in [0.25, 0.3) is 11.8 Å². The Morgan fingerprint density at radius 1 is 0.710 bits per heavy atom. The number of carbonyl (C=O) groups excluding carboxylic acids is 2. The van der Waals surface area contributed by atoms with Crippen LogP contribution in [-0.4, -0.2) is 22.0 Å². The predicted octanol–water partition coefficient (Wildman–Crippen LogP) is 4.76. The SMILES string of the molecule is Cc1ccc(N2C(=O)C(=Cc3ccc(O)cc3)C(=O)N(c3ccc(C)cc3)C2=S)cc1. The first-order valence-corrected chi connectivity index (χ1v) is 10.1. The summed E-state index contributed by atoms with van der Waals surface area (Å²) < 4.78 is 0. The quantitative estimate of drug-likeness (QED) is 0.371. The number of phenolic OH excluding ortho intramolecular Hbond substituents is 1. The smallest absolute Gasteiger partial charge is 0.270 e. The number of rotatable bonds is 3. The van der Waals surface area contributed by atoms with Crippen molar-refractivity contribution in [2.75, 3.05) is 9.80 Å². The monoisotopic (exact) mass is 428 g/mol. The van der Waals surface area contributed by atoms with Crippen LogP contribution in [0.3, 0.4) is 0 Å². The topological polar surface area (TPSA) is 60.9 Å². The third kappa shape index (κ3) is 3.98. The maximum atomic E-state index is 13.4. The van der Waals surface area contributed by atoms with Gasteiger partial charge in [-0.3, -0.25) is 19.4 Å². The van der Waals surface area contributed by atoms with Gasteiger partial charge in [0.05, 0.1) is 11.4 Å². The van der Waals surface area contributed by atoms with Crippen LogP contribution in [0.4, 0.5) is 11.4 Å². The molecule has 0 unspecified atom stereocenters. The molecular formula is C25H20N2O3S. The van der Waals surface area contributed by atoms with Gasteiger partial charge in [-0.15, -0.1) is 0 Å². The normalized spacial score (nSPS) is 14.3. The van der Waals surface area contributed by atoms with E-state index in [-0.39, 0.29) is 16.4 Å². The Balaban J connectivity index is 1.85. The fraction of sp³-hybridized carbons (Fsp3) is 0.0800. The number of hydrogen-bond acceptors (Lipinski definition) is 4. The van der Waals surface area contributed by atoms with E-state index in [2.05, 4.69) is 0 Å². The summed E-state index contributed by atoms with van der Waals surface area (Å²) >= 11 is 5.62. The molecule has 0 radical (unpaired) electrons. The average molecular weight is 429 g/mol. The fourth-order valence-electron chi connectivity index (χ4n) is 3.31. The molecule has 1 aliphatic rings. The van der Waals surface area contributed by atoms with Crippen molar-refractivity contribution in [3.63, 3.8) is 0 Å². The van der Waals surface area contributed by atoms with Crippen molar-refractivity contribution in [1.82, 2.24) is 0 Å². The zero-order chi connectivity index (χ0) is 22.1. The van der Waals surface area contributed by atoms with E-state index in [9.17, 15) is 14.7 Å². The molecule has 0 saturated carbocycles. The highest BCUT2D eigenvalue weighted by atomic mass is 32.1. The van der Waals surface area contributed by atoms with Crippen LogP contribution < -0.4 is 9.80 Å². The van der Waals surface area contributed by atoms with E-state index in [4.69, 9.17) is 12.2 Å². The van der Waals surface area contributed by atoms with Crippen LogP contribution in [0.15, 0.2) is 78.4 Å². The number of carbonyl (C=O) groups is 2. The van der Waals surface area contributed by atoms with Crippen molar-refractivity contribution in [1.29, 1.82) is 0 Å². The molecule has 1 fully saturated rings. The minimum atomic E-state index is -0.490. The second-order valence-electron chi connectivity index (χ2n) is 7.38. The average Bonchev–Trinajstić information content (AvgIpc) is 2.75. The van der Waals surface area contributed by atoms with Gasteiger partial charge < -0.3 is 5.11 Å². The number of hydrogen-bond donors (Lipinski definition) is 1. The molecule has 154 valence electrons. The minimum absolute atomic E-state index is 0.0135. The van der Waals surface area contributed by atoms with Gasteiger partial charge in [-0.1, -0.05) is 47.5 Å². The van der Waals surface area contributed by atoms with Crippen molar-refractivity contribution in [3.05, 3.63) is 95.1 Å². The molecule has 31 heavy (non-hydrogen) atoms. The standard InChI is InChI=1S/C25H20N2O3S/c1-16-3-9-19(10-4-16)26-23(29)22(15-18-7-13-21(28)14-8-18)24(30)27(25(26)31)20-11-5-17(2)6-12-20/h3-15,28H,1-2H3. The van der Waals surface area contributed by atoms with E-state index in [1.54, 1.807) is 36.4 Å². The molecule has 5 nitrogen and oxygen atoms in total. The van der Waals surface area contributed by atoms with E-state index in [1.807, 2.05) is 38.1 Å². The minimum Gasteiger partial charge on any atom is -0.508 e. The van der Waals surface area contributed by atoms with Gasteiger partial charge >= 0.3 is 0 Å². The Morgan fingerprint density at radius 2 is 1.13 bits per heavy atom. The number of benzene rings is 3. The first-order valence-electron chi connectivity index (χ1n) is 9.72. The number of anilines is 2. The fourth-order valence-corrected chi connectivity index (χ4v) is 3.69. The third-order valence-corrected chi connectivity index (χ3v) is 5.40. The number of aryl methyl sites for hydroxylation is 2. The number of aromatic hydroxyl groups is 1. The van der Waals surface area contributed by atoms with Crippen molar-refractivity contribution in [2.45, 2.75) is 13.8 Å². The van der Waals surface area contributed by atoms with E-state index >= 15 is 0 Å². The molecule has 3 aromatic rings. The third-order valence-electron chi connectivity index (χ3n) is 5.04. The molecule has 0 atom stereocenters. The molecule has 0 aromatic heterocycles. The molecule has 1 heterocycles. The van der Waals surface area contributed by atoms with Crippen molar-refractivity contribution < 1.29 is 14.7 Å². The van der Waals surface area contributed by atoms with Crippen LogP contribution in [0, 0.1) is 13.8 Å². The lowest BCUT2D eigenvalue weighted by molar-refractivity contribution is -0.120. The number of thiocarbonyl (C=S) groups is 1. The first-order chi connectivity index (χ1) is 14.8. The molecule has 1 N–H and O–H groups in total. The maximum absolute atomic E-state index is 13.4. The molecule has 3 aromatic carbocycles. The van der Waals surface area contributed by atoms with Crippen LogP contribution >= 0.6 is 12.2 Å². The molecule has 1 aliphatic heterocycles. The van der Waals surface area contributed by atoms with Gasteiger partial charge in [-0.05, 0) is 74.1 Å². The van der Waals surface area contributed by atoms with Crippen LogP contribution in [0.5, 0.6) is 5.75 Å². The lowest BCUT2D eigenvalue weighted by Crippen LogP contribution is -2.56. The Bertz CT molecular complexity index is 1130. The van der Waals surface area contributed by atoms with Crippen molar-refractivity contribution in [2.24, 2.45) is 0 Å². The lowest BCUT2D eigenvalue weighted by Gasteiger charge is -2.36. The summed E-state index contributed by atoms with van der Waals surface area (Å²) in [4.78, 5) is 29.6. The molecule has 6 heteroatoms. The number of phenols is 1. The van der Waals surface area contributed by atoms with Gasteiger partial charge in [0.1, 0.15) is 11.3 Å². The van der Waals surface area contributed by atoms with E-state index in [0.29, 0.717) is 16.9 Å². The molecule has 0 bridgehead atoms. The Hall–Kier alpha value is -3.77. The summed E-state index contributed by atoms with van der Waals surface area (Å²) in [5.74, 6) is -0.877. The highest BCUT2D eigenvalue weighted by Crippen LogP contribution is 2.30. The van der Waals surface area contributed by atoms with Gasteiger partial charge in [-0.2, -0.15) is 0 Å². The first kappa shape index (κ1) is 20.5. The Morgan fingerprint density at radius 3 is 1.55 bits per heavy atom. The second kappa shape index (κ2) is 8.16. The lowest BCUT2D eigenvalue weighted by atomic mass is 10.0. The number of nitrogens with zero attached hydrogens (tertiary/aromatic N) is 2. The van der Waals surface area contributed by atoms with Gasteiger partial charge in [0.2, 0.25) is 0 Å². The molecule has 0 spiro atoms. The summed E-state index contributed by atoms with van der Waals surface area (Å²) in [6.45, 7) is 3.91. The molecule has 2 amide bonds. The largest absolute Gasteiger partial charge is 0.508 e. The molecule has 1 saturated heterocycles. The van der Waals surface area contributed by atoms with Crippen LogP contribution in [0.1, 0.15) is 16.7 Å². The molecular weight excluding hydrogens is 408 g/mol. The summed E-state index contributed by atoms with van der Waals surface area (Å²) in [7, 11) is 0. The van der Waals surface area contributed by atoms with E-state index in [1.165, 1.54) is 28.0 Å². The zero-order valence-electron chi connectivity index (χ0n) is 17.1. The van der Waals surface area contributed by atoms with E-state index in [0.717, 1.165) is 11.1 Å². The molecule has 0 aliphatic carbocycles. The zero-order valence-corrected chi connectivity index (χ0v) is 17.9. The van der Waals surface area contributed by atoms with Gasteiger partial charge in [0.15, 0.2) is 5.11 Å².